The fraction of sp³-hybridized carbons (Fsp3) is 0.381. The Morgan fingerprint density at radius 3 is 2.50 bits per heavy atom. The molecule has 172 valence electrons. The molecule has 0 aliphatic rings. The third kappa shape index (κ3) is 7.93. The lowest BCUT2D eigenvalue weighted by Gasteiger charge is -2.12. The van der Waals surface area contributed by atoms with E-state index in [9.17, 15) is 9.59 Å². The van der Waals surface area contributed by atoms with E-state index < -0.39 is 12.2 Å². The summed E-state index contributed by atoms with van der Waals surface area (Å²) in [5.41, 5.74) is 17.8. The third-order valence-electron chi connectivity index (χ3n) is 4.12. The first kappa shape index (κ1) is 24.7. The number of amides is 1. The molecule has 1 heterocycles. The highest BCUT2D eigenvalue weighted by atomic mass is 16.7. The van der Waals surface area contributed by atoms with Crippen molar-refractivity contribution >= 4 is 35.1 Å². The molecule has 0 aliphatic heterocycles. The van der Waals surface area contributed by atoms with Crippen molar-refractivity contribution in [2.24, 2.45) is 21.7 Å². The molecule has 0 bridgehead atoms. The minimum atomic E-state index is -0.842. The normalized spacial score (nSPS) is 12.0. The van der Waals surface area contributed by atoms with Gasteiger partial charge in [-0.15, -0.1) is 10.2 Å². The number of carbonyl (C=O) groups excluding carboxylic acids is 2. The van der Waals surface area contributed by atoms with Crippen LogP contribution in [0.25, 0.3) is 0 Å². The lowest BCUT2D eigenvalue weighted by atomic mass is 10.1. The molecule has 1 aromatic heterocycles. The Balaban J connectivity index is 2.05. The lowest BCUT2D eigenvalue weighted by Crippen LogP contribution is -2.35. The smallest absolute Gasteiger partial charge is 0.431 e. The van der Waals surface area contributed by atoms with E-state index in [0.29, 0.717) is 18.7 Å². The standard InChI is InChI=1S/C21H29N7O4/c1-13(2)31-21(30)32-17-9-4-3-8-15(17)27-28-16-10-11-18(25-19(16)24)26-20(29)14(23)7-5-6-12-22/h3-4,8-11,13-14H,5-7,12,22-23H2,1-2H3,(H3,24,25,26,29)/t14-/m0/s1. The van der Waals surface area contributed by atoms with Gasteiger partial charge >= 0.3 is 6.16 Å². The summed E-state index contributed by atoms with van der Waals surface area (Å²) in [6.07, 6.45) is 0.933. The van der Waals surface area contributed by atoms with Gasteiger partial charge < -0.3 is 32.0 Å². The Labute approximate surface area is 186 Å². The van der Waals surface area contributed by atoms with Crippen molar-refractivity contribution in [3.63, 3.8) is 0 Å². The van der Waals surface area contributed by atoms with Crippen LogP contribution in [-0.2, 0) is 9.53 Å². The van der Waals surface area contributed by atoms with Crippen LogP contribution in [-0.4, -0.2) is 35.7 Å². The molecule has 11 nitrogen and oxygen atoms in total. The largest absolute Gasteiger partial charge is 0.514 e. The van der Waals surface area contributed by atoms with Crippen molar-refractivity contribution in [1.82, 2.24) is 4.98 Å². The summed E-state index contributed by atoms with van der Waals surface area (Å²) in [7, 11) is 0. The topological polar surface area (TPSA) is 180 Å². The zero-order valence-electron chi connectivity index (χ0n) is 18.2. The van der Waals surface area contributed by atoms with E-state index in [1.807, 2.05) is 0 Å². The van der Waals surface area contributed by atoms with Crippen molar-refractivity contribution in [2.75, 3.05) is 17.6 Å². The van der Waals surface area contributed by atoms with Crippen LogP contribution in [0.2, 0.25) is 0 Å². The monoisotopic (exact) mass is 443 g/mol. The summed E-state index contributed by atoms with van der Waals surface area (Å²) in [6, 6.07) is 9.01. The third-order valence-corrected chi connectivity index (χ3v) is 4.12. The first-order chi connectivity index (χ1) is 15.3. The number of ether oxygens (including phenoxy) is 2. The molecule has 0 saturated carbocycles. The van der Waals surface area contributed by atoms with Crippen LogP contribution in [0, 0.1) is 0 Å². The van der Waals surface area contributed by atoms with Gasteiger partial charge in [-0.1, -0.05) is 18.6 Å². The number of para-hydroxylation sites is 1. The Kier molecular flexibility index (Phi) is 9.51. The zero-order chi connectivity index (χ0) is 23.5. The van der Waals surface area contributed by atoms with E-state index in [1.54, 1.807) is 44.2 Å². The Hall–Kier alpha value is -3.57. The maximum atomic E-state index is 12.2. The molecule has 0 unspecified atom stereocenters. The number of nitrogens with zero attached hydrogens (tertiary/aromatic N) is 3. The number of pyridine rings is 1. The summed E-state index contributed by atoms with van der Waals surface area (Å²) in [5, 5.41) is 10.8. The minimum absolute atomic E-state index is 0.0564. The molecule has 0 aliphatic carbocycles. The van der Waals surface area contributed by atoms with Crippen molar-refractivity contribution in [3.8, 4) is 5.75 Å². The number of azo groups is 1. The number of rotatable bonds is 10. The molecule has 0 spiro atoms. The van der Waals surface area contributed by atoms with Gasteiger partial charge in [-0.05, 0) is 57.5 Å². The van der Waals surface area contributed by atoms with E-state index in [0.717, 1.165) is 12.8 Å². The molecule has 1 amide bonds. The van der Waals surface area contributed by atoms with Crippen LogP contribution in [0.3, 0.4) is 0 Å². The second kappa shape index (κ2) is 12.3. The van der Waals surface area contributed by atoms with Crippen LogP contribution in [0.5, 0.6) is 5.75 Å². The maximum Gasteiger partial charge on any atom is 0.514 e. The molecule has 1 aromatic carbocycles. The average molecular weight is 444 g/mol. The van der Waals surface area contributed by atoms with Crippen LogP contribution >= 0.6 is 0 Å². The van der Waals surface area contributed by atoms with Crippen molar-refractivity contribution in [1.29, 1.82) is 0 Å². The van der Waals surface area contributed by atoms with Gasteiger partial charge in [0.1, 0.15) is 17.2 Å². The molecule has 2 rings (SSSR count). The predicted octanol–water partition coefficient (Wildman–Crippen LogP) is 3.40. The molecule has 7 N–H and O–H groups in total. The van der Waals surface area contributed by atoms with Gasteiger partial charge in [0.2, 0.25) is 5.91 Å². The Bertz CT molecular complexity index is 949. The summed E-state index contributed by atoms with van der Waals surface area (Å²) in [4.78, 5) is 28.0. The van der Waals surface area contributed by atoms with Gasteiger partial charge in [0, 0.05) is 0 Å². The van der Waals surface area contributed by atoms with Gasteiger partial charge in [-0.25, -0.2) is 9.78 Å². The zero-order valence-corrected chi connectivity index (χ0v) is 18.2. The van der Waals surface area contributed by atoms with E-state index >= 15 is 0 Å². The molecular weight excluding hydrogens is 414 g/mol. The molecule has 1 atom stereocenters. The fourth-order valence-electron chi connectivity index (χ4n) is 2.52. The first-order valence-electron chi connectivity index (χ1n) is 10.2. The number of unbranched alkanes of at least 4 members (excludes halogenated alkanes) is 1. The second-order valence-electron chi connectivity index (χ2n) is 7.17. The van der Waals surface area contributed by atoms with E-state index in [2.05, 4.69) is 20.5 Å². The molecular formula is C21H29N7O4. The van der Waals surface area contributed by atoms with Crippen molar-refractivity contribution in [3.05, 3.63) is 36.4 Å². The fourth-order valence-corrected chi connectivity index (χ4v) is 2.52. The van der Waals surface area contributed by atoms with Gasteiger partial charge in [-0.3, -0.25) is 4.79 Å². The van der Waals surface area contributed by atoms with Crippen LogP contribution in [0.15, 0.2) is 46.6 Å². The number of benzene rings is 1. The number of nitrogens with two attached hydrogens (primary N) is 3. The minimum Gasteiger partial charge on any atom is -0.431 e. The number of nitrogen functional groups attached to an aromatic ring is 1. The summed E-state index contributed by atoms with van der Waals surface area (Å²) >= 11 is 0. The molecule has 0 fully saturated rings. The molecule has 11 heteroatoms. The SMILES string of the molecule is CC(C)OC(=O)Oc1ccccc1N=Nc1ccc(NC(=O)[C@@H](N)CCCCN)nc1N. The first-order valence-corrected chi connectivity index (χ1v) is 10.2. The molecule has 0 saturated heterocycles. The molecule has 32 heavy (non-hydrogen) atoms. The maximum absolute atomic E-state index is 12.2. The van der Waals surface area contributed by atoms with Crippen LogP contribution in [0.1, 0.15) is 33.1 Å². The molecule has 0 radical (unpaired) electrons. The summed E-state index contributed by atoms with van der Waals surface area (Å²) in [6.45, 7) is 3.98. The van der Waals surface area contributed by atoms with Gasteiger partial charge in [-0.2, -0.15) is 0 Å². The van der Waals surface area contributed by atoms with E-state index in [1.165, 1.54) is 6.07 Å². The summed E-state index contributed by atoms with van der Waals surface area (Å²) in [5.74, 6) is 0.130. The number of aromatic nitrogens is 1. The van der Waals surface area contributed by atoms with E-state index in [-0.39, 0.29) is 35.1 Å². The Morgan fingerprint density at radius 2 is 1.81 bits per heavy atom. The lowest BCUT2D eigenvalue weighted by molar-refractivity contribution is -0.117. The number of hydrogen-bond donors (Lipinski definition) is 4. The average Bonchev–Trinajstić information content (AvgIpc) is 2.73. The van der Waals surface area contributed by atoms with E-state index in [4.69, 9.17) is 26.7 Å². The molecule has 2 aromatic rings. The Morgan fingerprint density at radius 1 is 1.09 bits per heavy atom. The quantitative estimate of drug-likeness (QED) is 0.186. The van der Waals surface area contributed by atoms with Crippen molar-refractivity contribution in [2.45, 2.75) is 45.3 Å². The second-order valence-corrected chi connectivity index (χ2v) is 7.17. The number of hydrogen-bond acceptors (Lipinski definition) is 10. The highest BCUT2D eigenvalue weighted by Crippen LogP contribution is 2.30. The highest BCUT2D eigenvalue weighted by Gasteiger charge is 2.15. The van der Waals surface area contributed by atoms with Crippen LogP contribution < -0.4 is 27.3 Å². The number of carbonyl (C=O) groups is 2. The number of anilines is 2. The van der Waals surface area contributed by atoms with Gasteiger partial charge in [0.25, 0.3) is 0 Å². The summed E-state index contributed by atoms with van der Waals surface area (Å²) < 4.78 is 10.1. The van der Waals surface area contributed by atoms with Gasteiger partial charge in [0.05, 0.1) is 12.1 Å². The number of nitrogens with one attached hydrogen (secondary N) is 1. The van der Waals surface area contributed by atoms with Gasteiger partial charge in [0.15, 0.2) is 11.6 Å². The highest BCUT2D eigenvalue weighted by molar-refractivity contribution is 5.94. The predicted molar refractivity (Wildman–Crippen MR) is 121 cm³/mol. The van der Waals surface area contributed by atoms with Crippen LogP contribution in [0.4, 0.5) is 27.8 Å². The van der Waals surface area contributed by atoms with Crippen molar-refractivity contribution < 1.29 is 19.1 Å².